The Bertz CT molecular complexity index is 92.7. The van der Waals surface area contributed by atoms with E-state index in [1.54, 1.807) is 0 Å². The van der Waals surface area contributed by atoms with Gasteiger partial charge in [0.05, 0.1) is 0 Å². The summed E-state index contributed by atoms with van der Waals surface area (Å²) in [6, 6.07) is 0. The van der Waals surface area contributed by atoms with E-state index in [4.69, 9.17) is 0 Å². The molecule has 0 saturated heterocycles. The van der Waals surface area contributed by atoms with Gasteiger partial charge in [-0.2, -0.15) is 12.6 Å². The lowest BCUT2D eigenvalue weighted by atomic mass is 10.1. The van der Waals surface area contributed by atoms with E-state index in [9.17, 15) is 0 Å². The maximum absolute atomic E-state index is 4.29. The zero-order valence-electron chi connectivity index (χ0n) is 6.52. The average molecular weight is 144 g/mol. The normalized spacial score (nSPS) is 15.8. The minimum absolute atomic E-state index is 0.507. The molecule has 0 bridgehead atoms. The molecule has 0 nitrogen and oxygen atoms in total. The van der Waals surface area contributed by atoms with Gasteiger partial charge in [-0.25, -0.2) is 0 Å². The molecule has 0 aromatic rings. The van der Waals surface area contributed by atoms with E-state index in [1.807, 2.05) is 0 Å². The molecule has 0 saturated carbocycles. The summed E-state index contributed by atoms with van der Waals surface area (Å²) in [5.74, 6) is 0. The fourth-order valence-electron chi connectivity index (χ4n) is 0.898. The van der Waals surface area contributed by atoms with Crippen LogP contribution in [0.15, 0.2) is 11.6 Å². The summed E-state index contributed by atoms with van der Waals surface area (Å²) in [6.07, 6.45) is 4.52. The number of thiol groups is 1. The number of hydrogen-bond donors (Lipinski definition) is 1. The molecule has 1 unspecified atom stereocenters. The largest absolute Gasteiger partial charge is 0.176 e. The predicted molar refractivity (Wildman–Crippen MR) is 47.1 cm³/mol. The van der Waals surface area contributed by atoms with Crippen molar-refractivity contribution in [1.82, 2.24) is 0 Å². The van der Waals surface area contributed by atoms with Crippen LogP contribution >= 0.6 is 12.6 Å². The SMILES string of the molecule is CC/C=C(\C)CC(C)S. The molecule has 0 amide bonds. The minimum Gasteiger partial charge on any atom is -0.176 e. The fourth-order valence-corrected chi connectivity index (χ4v) is 1.19. The summed E-state index contributed by atoms with van der Waals surface area (Å²) in [5.41, 5.74) is 1.46. The third-order valence-corrected chi connectivity index (χ3v) is 1.35. The van der Waals surface area contributed by atoms with Crippen molar-refractivity contribution in [2.45, 2.75) is 38.9 Å². The molecule has 0 heterocycles. The second-order valence-corrected chi connectivity index (χ2v) is 3.39. The Morgan fingerprint density at radius 3 is 2.56 bits per heavy atom. The van der Waals surface area contributed by atoms with Crippen LogP contribution in [0.5, 0.6) is 0 Å². The van der Waals surface area contributed by atoms with Gasteiger partial charge in [0, 0.05) is 5.25 Å². The molecular weight excluding hydrogens is 128 g/mol. The summed E-state index contributed by atoms with van der Waals surface area (Å²) in [5, 5.41) is 0.507. The van der Waals surface area contributed by atoms with Crippen LogP contribution in [0.4, 0.5) is 0 Å². The summed E-state index contributed by atoms with van der Waals surface area (Å²) in [6.45, 7) is 6.44. The molecule has 1 atom stereocenters. The molecule has 0 aliphatic rings. The van der Waals surface area contributed by atoms with E-state index in [-0.39, 0.29) is 0 Å². The molecule has 0 aromatic heterocycles. The monoisotopic (exact) mass is 144 g/mol. The molecule has 1 heteroatoms. The van der Waals surface area contributed by atoms with E-state index in [0.29, 0.717) is 5.25 Å². The van der Waals surface area contributed by atoms with Crippen molar-refractivity contribution in [3.05, 3.63) is 11.6 Å². The average Bonchev–Trinajstić information content (AvgIpc) is 1.63. The summed E-state index contributed by atoms with van der Waals surface area (Å²) >= 11 is 4.29. The van der Waals surface area contributed by atoms with Crippen molar-refractivity contribution < 1.29 is 0 Å². The quantitative estimate of drug-likeness (QED) is 0.457. The van der Waals surface area contributed by atoms with E-state index in [0.717, 1.165) is 12.8 Å². The zero-order valence-corrected chi connectivity index (χ0v) is 7.41. The van der Waals surface area contributed by atoms with E-state index in [1.165, 1.54) is 5.57 Å². The number of rotatable bonds is 3. The van der Waals surface area contributed by atoms with Gasteiger partial charge in [-0.1, -0.05) is 25.5 Å². The van der Waals surface area contributed by atoms with Crippen LogP contribution < -0.4 is 0 Å². The highest BCUT2D eigenvalue weighted by molar-refractivity contribution is 7.80. The van der Waals surface area contributed by atoms with Crippen LogP contribution in [0.1, 0.15) is 33.6 Å². The van der Waals surface area contributed by atoms with Crippen LogP contribution in [0.25, 0.3) is 0 Å². The van der Waals surface area contributed by atoms with Crippen LogP contribution in [-0.4, -0.2) is 5.25 Å². The number of allylic oxidation sites excluding steroid dienone is 2. The van der Waals surface area contributed by atoms with Crippen LogP contribution in [0, 0.1) is 0 Å². The summed E-state index contributed by atoms with van der Waals surface area (Å²) in [4.78, 5) is 0. The van der Waals surface area contributed by atoms with Gasteiger partial charge >= 0.3 is 0 Å². The van der Waals surface area contributed by atoms with Gasteiger partial charge in [0.2, 0.25) is 0 Å². The maximum atomic E-state index is 4.29. The van der Waals surface area contributed by atoms with Gasteiger partial charge < -0.3 is 0 Å². The minimum atomic E-state index is 0.507. The molecule has 0 radical (unpaired) electrons. The van der Waals surface area contributed by atoms with Crippen LogP contribution in [0.2, 0.25) is 0 Å². The van der Waals surface area contributed by atoms with Gasteiger partial charge in [0.1, 0.15) is 0 Å². The van der Waals surface area contributed by atoms with Crippen molar-refractivity contribution in [3.63, 3.8) is 0 Å². The molecular formula is C8H16S. The summed E-state index contributed by atoms with van der Waals surface area (Å²) < 4.78 is 0. The Labute approximate surface area is 63.8 Å². The van der Waals surface area contributed by atoms with Gasteiger partial charge in [0.25, 0.3) is 0 Å². The molecule has 54 valence electrons. The van der Waals surface area contributed by atoms with E-state index >= 15 is 0 Å². The smallest absolute Gasteiger partial charge is 0.00255 e. The first kappa shape index (κ1) is 9.09. The summed E-state index contributed by atoms with van der Waals surface area (Å²) in [7, 11) is 0. The first-order chi connectivity index (χ1) is 4.16. The van der Waals surface area contributed by atoms with Gasteiger partial charge in [-0.3, -0.25) is 0 Å². The van der Waals surface area contributed by atoms with Crippen molar-refractivity contribution in [1.29, 1.82) is 0 Å². The Hall–Kier alpha value is 0.0900. The lowest BCUT2D eigenvalue weighted by Gasteiger charge is -2.02. The van der Waals surface area contributed by atoms with Crippen molar-refractivity contribution in [3.8, 4) is 0 Å². The second-order valence-electron chi connectivity index (χ2n) is 2.51. The highest BCUT2D eigenvalue weighted by Gasteiger charge is 1.93. The molecule has 0 rings (SSSR count). The van der Waals surface area contributed by atoms with Crippen molar-refractivity contribution in [2.24, 2.45) is 0 Å². The lowest BCUT2D eigenvalue weighted by Crippen LogP contribution is -1.90. The fraction of sp³-hybridized carbons (Fsp3) is 0.750. The molecule has 0 spiro atoms. The lowest BCUT2D eigenvalue weighted by molar-refractivity contribution is 0.921. The highest BCUT2D eigenvalue weighted by atomic mass is 32.1. The van der Waals surface area contributed by atoms with Crippen LogP contribution in [-0.2, 0) is 0 Å². The van der Waals surface area contributed by atoms with E-state index in [2.05, 4.69) is 39.5 Å². The zero-order chi connectivity index (χ0) is 7.28. The third kappa shape index (κ3) is 5.97. The molecule has 0 aliphatic heterocycles. The standard InChI is InChI=1S/C8H16S/c1-4-5-7(2)6-8(3)9/h5,8-9H,4,6H2,1-3H3/b7-5+. The first-order valence-corrected chi connectivity index (χ1v) is 4.02. The molecule has 0 aliphatic carbocycles. The predicted octanol–water partition coefficient (Wildman–Crippen LogP) is 3.05. The Morgan fingerprint density at radius 1 is 1.67 bits per heavy atom. The molecule has 9 heavy (non-hydrogen) atoms. The topological polar surface area (TPSA) is 0 Å². The van der Waals surface area contributed by atoms with Crippen molar-refractivity contribution in [2.75, 3.05) is 0 Å². The van der Waals surface area contributed by atoms with Gasteiger partial charge in [0.15, 0.2) is 0 Å². The van der Waals surface area contributed by atoms with Gasteiger partial charge in [-0.05, 0) is 19.8 Å². The Morgan fingerprint density at radius 2 is 2.22 bits per heavy atom. The Kier molecular flexibility index (Phi) is 4.97. The maximum Gasteiger partial charge on any atom is 0.00255 e. The molecule has 0 aromatic carbocycles. The highest BCUT2D eigenvalue weighted by Crippen LogP contribution is 2.08. The van der Waals surface area contributed by atoms with E-state index < -0.39 is 0 Å². The van der Waals surface area contributed by atoms with Crippen molar-refractivity contribution >= 4 is 12.6 Å². The molecule has 0 N–H and O–H groups in total. The first-order valence-electron chi connectivity index (χ1n) is 3.50. The van der Waals surface area contributed by atoms with Crippen LogP contribution in [0.3, 0.4) is 0 Å². The number of hydrogen-bond acceptors (Lipinski definition) is 1. The van der Waals surface area contributed by atoms with Gasteiger partial charge in [-0.15, -0.1) is 0 Å². The molecule has 0 fully saturated rings. The Balaban J connectivity index is 3.49. The third-order valence-electron chi connectivity index (χ3n) is 1.17. The second kappa shape index (κ2) is 4.92.